The molecule has 3 aromatic rings. The highest BCUT2D eigenvalue weighted by Gasteiger charge is 2.16. The first-order valence-corrected chi connectivity index (χ1v) is 7.20. The minimum Gasteiger partial charge on any atom is -0.497 e. The van der Waals surface area contributed by atoms with Crippen LogP contribution in [0.4, 0.5) is 10.2 Å². The summed E-state index contributed by atoms with van der Waals surface area (Å²) in [6, 6.07) is 4.58. The standard InChI is InChI=1S/C15H14FN3OS/c1-7-8(2)21-15-12(7)13(17)18-14(19-15)10-5-4-9(20-3)6-11(10)16/h4-6H,1-3H3,(H2,17,18,19). The molecule has 0 aliphatic rings. The van der Waals surface area contributed by atoms with E-state index in [-0.39, 0.29) is 0 Å². The molecule has 3 rings (SSSR count). The van der Waals surface area contributed by atoms with Crippen LogP contribution in [0.25, 0.3) is 21.6 Å². The first-order chi connectivity index (χ1) is 10.0. The van der Waals surface area contributed by atoms with Crippen molar-refractivity contribution in [1.29, 1.82) is 0 Å². The number of thiophene rings is 1. The highest BCUT2D eigenvalue weighted by atomic mass is 32.1. The molecule has 6 heteroatoms. The summed E-state index contributed by atoms with van der Waals surface area (Å²) in [6.07, 6.45) is 0. The van der Waals surface area contributed by atoms with Crippen molar-refractivity contribution in [3.05, 3.63) is 34.5 Å². The predicted molar refractivity (Wildman–Crippen MR) is 83.2 cm³/mol. The molecule has 0 fully saturated rings. The Labute approximate surface area is 125 Å². The fraction of sp³-hybridized carbons (Fsp3) is 0.200. The lowest BCUT2D eigenvalue weighted by Gasteiger charge is -2.06. The number of nitrogens with zero attached hydrogens (tertiary/aromatic N) is 2. The lowest BCUT2D eigenvalue weighted by Crippen LogP contribution is -1.98. The van der Waals surface area contributed by atoms with E-state index >= 15 is 0 Å². The smallest absolute Gasteiger partial charge is 0.166 e. The third-order valence-electron chi connectivity index (χ3n) is 3.47. The molecule has 2 aromatic heterocycles. The number of nitrogens with two attached hydrogens (primary N) is 1. The van der Waals surface area contributed by atoms with Crippen LogP contribution in [-0.4, -0.2) is 17.1 Å². The van der Waals surface area contributed by atoms with Crippen LogP contribution in [0.15, 0.2) is 18.2 Å². The Hall–Kier alpha value is -2.21. The average molecular weight is 303 g/mol. The zero-order valence-corrected chi connectivity index (χ0v) is 12.7. The molecule has 0 bridgehead atoms. The zero-order chi connectivity index (χ0) is 15.1. The average Bonchev–Trinajstić information content (AvgIpc) is 2.74. The Balaban J connectivity index is 2.21. The monoisotopic (exact) mass is 303 g/mol. The summed E-state index contributed by atoms with van der Waals surface area (Å²) < 4.78 is 19.1. The van der Waals surface area contributed by atoms with Crippen LogP contribution in [0.5, 0.6) is 5.75 Å². The van der Waals surface area contributed by atoms with Gasteiger partial charge in [0.25, 0.3) is 0 Å². The number of halogens is 1. The number of fused-ring (bicyclic) bond motifs is 1. The van der Waals surface area contributed by atoms with Crippen molar-refractivity contribution in [2.75, 3.05) is 12.8 Å². The Bertz CT molecular complexity index is 845. The van der Waals surface area contributed by atoms with Gasteiger partial charge in [0.05, 0.1) is 18.1 Å². The molecule has 1 aromatic carbocycles. The van der Waals surface area contributed by atoms with E-state index in [0.717, 1.165) is 20.7 Å². The molecule has 0 unspecified atom stereocenters. The van der Waals surface area contributed by atoms with Crippen molar-refractivity contribution >= 4 is 27.4 Å². The van der Waals surface area contributed by atoms with Crippen LogP contribution in [-0.2, 0) is 0 Å². The minimum absolute atomic E-state index is 0.293. The number of benzene rings is 1. The summed E-state index contributed by atoms with van der Waals surface area (Å²) in [5, 5.41) is 0.857. The molecule has 0 saturated carbocycles. The lowest BCUT2D eigenvalue weighted by atomic mass is 10.1. The Morgan fingerprint density at radius 2 is 2.00 bits per heavy atom. The number of aromatic nitrogens is 2. The maximum atomic E-state index is 14.1. The molecule has 0 spiro atoms. The Morgan fingerprint density at radius 1 is 1.24 bits per heavy atom. The van der Waals surface area contributed by atoms with Gasteiger partial charge in [-0.1, -0.05) is 0 Å². The molecule has 0 aliphatic carbocycles. The molecule has 0 aliphatic heterocycles. The van der Waals surface area contributed by atoms with Crippen LogP contribution in [0, 0.1) is 19.7 Å². The third kappa shape index (κ3) is 2.21. The third-order valence-corrected chi connectivity index (χ3v) is 4.57. The fourth-order valence-corrected chi connectivity index (χ4v) is 3.24. The Morgan fingerprint density at radius 3 is 2.67 bits per heavy atom. The lowest BCUT2D eigenvalue weighted by molar-refractivity contribution is 0.411. The van der Waals surface area contributed by atoms with E-state index in [1.54, 1.807) is 12.1 Å². The van der Waals surface area contributed by atoms with E-state index in [9.17, 15) is 4.39 Å². The second-order valence-corrected chi connectivity index (χ2v) is 5.94. The normalized spacial score (nSPS) is 11.0. The van der Waals surface area contributed by atoms with Crippen molar-refractivity contribution in [3.63, 3.8) is 0 Å². The van der Waals surface area contributed by atoms with Gasteiger partial charge in [-0.25, -0.2) is 14.4 Å². The van der Waals surface area contributed by atoms with E-state index in [0.29, 0.717) is 23.0 Å². The molecule has 0 amide bonds. The highest BCUT2D eigenvalue weighted by Crippen LogP contribution is 2.34. The minimum atomic E-state index is -0.432. The largest absolute Gasteiger partial charge is 0.497 e. The molecule has 2 N–H and O–H groups in total. The molecule has 0 saturated heterocycles. The molecule has 21 heavy (non-hydrogen) atoms. The van der Waals surface area contributed by atoms with Crippen LogP contribution >= 0.6 is 11.3 Å². The van der Waals surface area contributed by atoms with Gasteiger partial charge < -0.3 is 10.5 Å². The van der Waals surface area contributed by atoms with Crippen molar-refractivity contribution in [2.45, 2.75) is 13.8 Å². The molecule has 4 nitrogen and oxygen atoms in total. The molecule has 108 valence electrons. The Kier molecular flexibility index (Phi) is 3.25. The molecule has 0 radical (unpaired) electrons. The molecular weight excluding hydrogens is 289 g/mol. The van der Waals surface area contributed by atoms with Gasteiger partial charge in [0.1, 0.15) is 22.2 Å². The van der Waals surface area contributed by atoms with Crippen LogP contribution < -0.4 is 10.5 Å². The topological polar surface area (TPSA) is 61.0 Å². The summed E-state index contributed by atoms with van der Waals surface area (Å²) in [6.45, 7) is 4.00. The summed E-state index contributed by atoms with van der Waals surface area (Å²) in [5.41, 5.74) is 7.41. The quantitative estimate of drug-likeness (QED) is 0.784. The molecular formula is C15H14FN3OS. The number of ether oxygens (including phenoxy) is 1. The number of nitrogen functional groups attached to an aromatic ring is 1. The SMILES string of the molecule is COc1ccc(-c2nc(N)c3c(C)c(C)sc3n2)c(F)c1. The van der Waals surface area contributed by atoms with E-state index in [2.05, 4.69) is 9.97 Å². The van der Waals surface area contributed by atoms with E-state index < -0.39 is 5.82 Å². The number of methoxy groups -OCH3 is 1. The van der Waals surface area contributed by atoms with Crippen LogP contribution in [0.1, 0.15) is 10.4 Å². The summed E-state index contributed by atoms with van der Waals surface area (Å²) >= 11 is 1.54. The van der Waals surface area contributed by atoms with E-state index in [4.69, 9.17) is 10.5 Å². The molecule has 0 atom stereocenters. The summed E-state index contributed by atoms with van der Waals surface area (Å²) in [5.74, 6) is 0.694. The fourth-order valence-electron chi connectivity index (χ4n) is 2.21. The van der Waals surface area contributed by atoms with Gasteiger partial charge in [0, 0.05) is 10.9 Å². The summed E-state index contributed by atoms with van der Waals surface area (Å²) in [4.78, 5) is 10.6. The van der Waals surface area contributed by atoms with Crippen molar-refractivity contribution in [3.8, 4) is 17.1 Å². The van der Waals surface area contributed by atoms with E-state index in [1.807, 2.05) is 13.8 Å². The first-order valence-electron chi connectivity index (χ1n) is 6.38. The second-order valence-electron chi connectivity index (χ2n) is 4.74. The van der Waals surface area contributed by atoms with Crippen molar-refractivity contribution in [2.24, 2.45) is 0 Å². The highest BCUT2D eigenvalue weighted by molar-refractivity contribution is 7.18. The van der Waals surface area contributed by atoms with Crippen LogP contribution in [0.3, 0.4) is 0 Å². The number of aryl methyl sites for hydroxylation is 2. The first kappa shape index (κ1) is 13.8. The second kappa shape index (κ2) is 4.96. The van der Waals surface area contributed by atoms with Gasteiger partial charge >= 0.3 is 0 Å². The van der Waals surface area contributed by atoms with Gasteiger partial charge in [-0.15, -0.1) is 11.3 Å². The maximum Gasteiger partial charge on any atom is 0.166 e. The van der Waals surface area contributed by atoms with Gasteiger partial charge in [-0.2, -0.15) is 0 Å². The predicted octanol–water partition coefficient (Wildman–Crippen LogP) is 3.71. The van der Waals surface area contributed by atoms with Gasteiger partial charge in [0.15, 0.2) is 5.82 Å². The van der Waals surface area contributed by atoms with Gasteiger partial charge in [-0.3, -0.25) is 0 Å². The number of hydrogen-bond donors (Lipinski definition) is 1. The number of rotatable bonds is 2. The van der Waals surface area contributed by atoms with Crippen molar-refractivity contribution in [1.82, 2.24) is 9.97 Å². The maximum absolute atomic E-state index is 14.1. The zero-order valence-electron chi connectivity index (χ0n) is 11.9. The molecule has 2 heterocycles. The van der Waals surface area contributed by atoms with Gasteiger partial charge in [0.2, 0.25) is 0 Å². The van der Waals surface area contributed by atoms with Crippen LogP contribution in [0.2, 0.25) is 0 Å². The number of hydrogen-bond acceptors (Lipinski definition) is 5. The number of anilines is 1. The summed E-state index contributed by atoms with van der Waals surface area (Å²) in [7, 11) is 1.49. The van der Waals surface area contributed by atoms with Gasteiger partial charge in [-0.05, 0) is 31.5 Å². The van der Waals surface area contributed by atoms with Crippen molar-refractivity contribution < 1.29 is 9.13 Å². The van der Waals surface area contributed by atoms with E-state index in [1.165, 1.54) is 24.5 Å².